The molecule has 0 aliphatic heterocycles. The maximum atomic E-state index is 13.0. The molecule has 0 saturated heterocycles. The first-order valence-corrected chi connectivity index (χ1v) is 13.2. The number of methoxy groups -OCH3 is 1. The third-order valence-corrected chi connectivity index (χ3v) is 5.41. The van der Waals surface area contributed by atoms with Crippen molar-refractivity contribution >= 4 is 30.0 Å². The third-order valence-electron chi connectivity index (χ3n) is 4.02. The predicted octanol–water partition coefficient (Wildman–Crippen LogP) is 4.28. The highest BCUT2D eigenvalue weighted by atomic mass is 79.9. The van der Waals surface area contributed by atoms with E-state index >= 15 is 0 Å². The summed E-state index contributed by atoms with van der Waals surface area (Å²) >= 11 is 3.42. The monoisotopic (exact) mass is 460 g/mol. The largest absolute Gasteiger partial charge is 0.467 e. The van der Waals surface area contributed by atoms with Crippen LogP contribution in [0.3, 0.4) is 0 Å². The Balaban J connectivity index is 2.57. The zero-order chi connectivity index (χ0) is 20.8. The topological polar surface area (TPSA) is 55.8 Å². The fourth-order valence-corrected chi connectivity index (χ4v) is 3.61. The summed E-state index contributed by atoms with van der Waals surface area (Å²) in [6.45, 7) is 6.32. The maximum Gasteiger partial charge on any atom is 0.346 e. The molecule has 0 aromatic heterocycles. The summed E-state index contributed by atoms with van der Waals surface area (Å²) in [4.78, 5) is 13.0. The number of esters is 1. The Labute approximate surface area is 176 Å². The Morgan fingerprint density at radius 3 is 2.43 bits per heavy atom. The van der Waals surface area contributed by atoms with E-state index in [-0.39, 0.29) is 6.61 Å². The number of rotatable bonds is 6. The molecule has 0 bridgehead atoms. The molecule has 1 N–H and O–H groups in total. The number of carbonyl (C=O) groups excluding carboxylic acids is 1. The van der Waals surface area contributed by atoms with Gasteiger partial charge in [0.1, 0.15) is 8.07 Å². The van der Waals surface area contributed by atoms with Gasteiger partial charge in [-0.1, -0.05) is 84.0 Å². The molecule has 0 aliphatic carbocycles. The van der Waals surface area contributed by atoms with Gasteiger partial charge in [-0.15, -0.1) is 5.54 Å². The van der Waals surface area contributed by atoms with Crippen molar-refractivity contribution in [2.75, 3.05) is 7.11 Å². The number of hydrogen-bond acceptors (Lipinski definition) is 4. The molecular weight excluding hydrogens is 436 g/mol. The summed E-state index contributed by atoms with van der Waals surface area (Å²) in [7, 11) is -0.503. The number of aliphatic hydroxyl groups excluding tert-OH is 1. The van der Waals surface area contributed by atoms with Gasteiger partial charge in [-0.05, 0) is 23.3 Å². The molecule has 6 heteroatoms. The average Bonchev–Trinajstić information content (AvgIpc) is 2.67. The number of halogens is 1. The van der Waals surface area contributed by atoms with Gasteiger partial charge in [-0.25, -0.2) is 4.79 Å². The highest BCUT2D eigenvalue weighted by Crippen LogP contribution is 2.34. The van der Waals surface area contributed by atoms with Crippen molar-refractivity contribution in [3.63, 3.8) is 0 Å². The first-order chi connectivity index (χ1) is 13.2. The average molecular weight is 461 g/mol. The van der Waals surface area contributed by atoms with Crippen LogP contribution < -0.4 is 0 Å². The van der Waals surface area contributed by atoms with Crippen molar-refractivity contribution in [2.45, 2.75) is 38.0 Å². The zero-order valence-corrected chi connectivity index (χ0v) is 19.1. The van der Waals surface area contributed by atoms with Gasteiger partial charge in [0.25, 0.3) is 0 Å². The van der Waals surface area contributed by atoms with Gasteiger partial charge in [-0.2, -0.15) is 0 Å². The van der Waals surface area contributed by atoms with Crippen LogP contribution >= 0.6 is 15.9 Å². The Morgan fingerprint density at radius 1 is 1.18 bits per heavy atom. The Bertz CT molecular complexity index is 867. The molecule has 0 radical (unpaired) electrons. The van der Waals surface area contributed by atoms with Crippen LogP contribution in [0.5, 0.6) is 0 Å². The summed E-state index contributed by atoms with van der Waals surface area (Å²) in [6.07, 6.45) is -1.38. The number of benzene rings is 2. The molecule has 0 unspecified atom stereocenters. The van der Waals surface area contributed by atoms with E-state index in [1.807, 2.05) is 36.4 Å². The van der Waals surface area contributed by atoms with Crippen LogP contribution in [0.1, 0.15) is 11.1 Å². The standard InChI is InChI=1S/C22H25BrO4Si/c1-26-21(25)22(18-11-8-12-19(23)15-18,20(24)13-14-28(2,3)4)27-16-17-9-6-5-7-10-17/h5-12,15,20,24H,16H2,1-4H3/t20-,22-/m1/s1. The molecule has 2 aromatic rings. The van der Waals surface area contributed by atoms with Crippen molar-refractivity contribution in [3.05, 3.63) is 70.2 Å². The molecule has 28 heavy (non-hydrogen) atoms. The van der Waals surface area contributed by atoms with E-state index in [1.54, 1.807) is 18.2 Å². The lowest BCUT2D eigenvalue weighted by atomic mass is 9.87. The summed E-state index contributed by atoms with van der Waals surface area (Å²) < 4.78 is 11.9. The van der Waals surface area contributed by atoms with Crippen molar-refractivity contribution < 1.29 is 19.4 Å². The summed E-state index contributed by atoms with van der Waals surface area (Å²) in [5.41, 5.74) is 2.71. The lowest BCUT2D eigenvalue weighted by Crippen LogP contribution is -2.49. The molecule has 0 saturated carbocycles. The van der Waals surface area contributed by atoms with Crippen molar-refractivity contribution in [1.82, 2.24) is 0 Å². The van der Waals surface area contributed by atoms with Gasteiger partial charge in [0, 0.05) is 4.47 Å². The summed E-state index contributed by atoms with van der Waals surface area (Å²) in [5.74, 6) is 2.16. The minimum absolute atomic E-state index is 0.119. The lowest BCUT2D eigenvalue weighted by Gasteiger charge is -2.33. The summed E-state index contributed by atoms with van der Waals surface area (Å²) in [5, 5.41) is 11.1. The first-order valence-electron chi connectivity index (χ1n) is 8.92. The second-order valence-corrected chi connectivity index (χ2v) is 13.1. The quantitative estimate of drug-likeness (QED) is 0.397. The van der Waals surface area contributed by atoms with E-state index in [4.69, 9.17) is 9.47 Å². The minimum atomic E-state index is -1.78. The number of hydrogen-bond donors (Lipinski definition) is 1. The zero-order valence-electron chi connectivity index (χ0n) is 16.5. The third kappa shape index (κ3) is 5.55. The second kappa shape index (κ2) is 9.53. The lowest BCUT2D eigenvalue weighted by molar-refractivity contribution is -0.187. The molecule has 4 nitrogen and oxygen atoms in total. The van der Waals surface area contributed by atoms with E-state index in [9.17, 15) is 9.90 Å². The Kier molecular flexibility index (Phi) is 7.61. The van der Waals surface area contributed by atoms with E-state index < -0.39 is 25.7 Å². The van der Waals surface area contributed by atoms with Gasteiger partial charge in [0.15, 0.2) is 6.10 Å². The SMILES string of the molecule is COC(=O)[C@@](OCc1ccccc1)(c1cccc(Br)c1)[C@H](O)C#C[Si](C)(C)C. The van der Waals surface area contributed by atoms with Crippen molar-refractivity contribution in [3.8, 4) is 11.5 Å². The molecule has 2 atom stereocenters. The molecule has 0 amide bonds. The molecule has 0 aliphatic rings. The van der Waals surface area contributed by atoms with Gasteiger partial charge in [0.05, 0.1) is 13.7 Å². The Morgan fingerprint density at radius 2 is 1.86 bits per heavy atom. The normalized spacial score (nSPS) is 14.4. The molecule has 0 heterocycles. The first kappa shape index (κ1) is 22.4. The highest BCUT2D eigenvalue weighted by Gasteiger charge is 2.49. The Hall–Kier alpha value is -1.91. The van der Waals surface area contributed by atoms with Crippen molar-refractivity contribution in [1.29, 1.82) is 0 Å². The highest BCUT2D eigenvalue weighted by molar-refractivity contribution is 9.10. The fraction of sp³-hybridized carbons (Fsp3) is 0.318. The fourth-order valence-electron chi connectivity index (χ4n) is 2.64. The number of aliphatic hydroxyl groups is 1. The van der Waals surface area contributed by atoms with Crippen LogP contribution in [0.25, 0.3) is 0 Å². The number of carbonyl (C=O) groups is 1. The van der Waals surface area contributed by atoms with Crippen LogP contribution in [-0.4, -0.2) is 32.4 Å². The van der Waals surface area contributed by atoms with Gasteiger partial charge >= 0.3 is 5.97 Å². The van der Waals surface area contributed by atoms with Gasteiger partial charge < -0.3 is 14.6 Å². The van der Waals surface area contributed by atoms with Crippen LogP contribution in [0.4, 0.5) is 0 Å². The minimum Gasteiger partial charge on any atom is -0.467 e. The molecule has 2 aromatic carbocycles. The van der Waals surface area contributed by atoms with Crippen LogP contribution in [0, 0.1) is 11.5 Å². The molecule has 0 spiro atoms. The smallest absolute Gasteiger partial charge is 0.346 e. The second-order valence-electron chi connectivity index (χ2n) is 7.43. The van der Waals surface area contributed by atoms with Crippen LogP contribution in [0.2, 0.25) is 19.6 Å². The van der Waals surface area contributed by atoms with Crippen LogP contribution in [0.15, 0.2) is 59.1 Å². The number of ether oxygens (including phenoxy) is 2. The van der Waals surface area contributed by atoms with E-state index in [0.29, 0.717) is 5.56 Å². The summed E-state index contributed by atoms with van der Waals surface area (Å²) in [6, 6.07) is 16.5. The van der Waals surface area contributed by atoms with E-state index in [1.165, 1.54) is 7.11 Å². The van der Waals surface area contributed by atoms with Crippen molar-refractivity contribution in [2.24, 2.45) is 0 Å². The molecule has 148 valence electrons. The van der Waals surface area contributed by atoms with Crippen LogP contribution in [-0.2, 0) is 26.5 Å². The maximum absolute atomic E-state index is 13.0. The molecular formula is C22H25BrO4Si. The molecule has 0 fully saturated rings. The molecule has 2 rings (SSSR count). The van der Waals surface area contributed by atoms with Gasteiger partial charge in [-0.3, -0.25) is 0 Å². The van der Waals surface area contributed by atoms with Gasteiger partial charge in [0.2, 0.25) is 5.60 Å². The van der Waals surface area contributed by atoms with E-state index in [2.05, 4.69) is 47.0 Å². The predicted molar refractivity (Wildman–Crippen MR) is 116 cm³/mol. The van der Waals surface area contributed by atoms with E-state index in [0.717, 1.165) is 10.0 Å².